The fourth-order valence-corrected chi connectivity index (χ4v) is 3.73. The Morgan fingerprint density at radius 2 is 2.14 bits per heavy atom. The lowest BCUT2D eigenvalue weighted by Gasteiger charge is -2.15. The SMILES string of the molecule is CC(C)(C)C(=O)Nc1nnc(S(=O)(=O)NCC2CCCO2)s1. The van der Waals surface area contributed by atoms with Crippen molar-refractivity contribution >= 4 is 32.4 Å². The summed E-state index contributed by atoms with van der Waals surface area (Å²) in [7, 11) is -3.73. The Balaban J connectivity index is 1.98. The highest BCUT2D eigenvalue weighted by Crippen LogP contribution is 2.23. The normalized spacial score (nSPS) is 19.3. The van der Waals surface area contributed by atoms with E-state index in [1.54, 1.807) is 20.8 Å². The van der Waals surface area contributed by atoms with E-state index in [1.807, 2.05) is 0 Å². The zero-order valence-corrected chi connectivity index (χ0v) is 14.4. The van der Waals surface area contributed by atoms with Gasteiger partial charge in [0.1, 0.15) is 0 Å². The molecular weight excluding hydrogens is 328 g/mol. The third kappa shape index (κ3) is 4.45. The van der Waals surface area contributed by atoms with Gasteiger partial charge in [-0.25, -0.2) is 13.1 Å². The molecule has 0 saturated carbocycles. The Morgan fingerprint density at radius 1 is 1.41 bits per heavy atom. The van der Waals surface area contributed by atoms with Gasteiger partial charge in [0.25, 0.3) is 10.0 Å². The molecule has 10 heteroatoms. The number of anilines is 1. The lowest BCUT2D eigenvalue weighted by Crippen LogP contribution is -2.31. The van der Waals surface area contributed by atoms with Gasteiger partial charge in [-0.15, -0.1) is 10.2 Å². The molecule has 0 spiro atoms. The maximum atomic E-state index is 12.1. The average molecular weight is 348 g/mol. The molecule has 0 radical (unpaired) electrons. The molecule has 1 atom stereocenters. The molecule has 1 aromatic rings. The summed E-state index contributed by atoms with van der Waals surface area (Å²) < 4.78 is 31.9. The minimum Gasteiger partial charge on any atom is -0.377 e. The number of nitrogens with zero attached hydrogens (tertiary/aromatic N) is 2. The van der Waals surface area contributed by atoms with Gasteiger partial charge in [-0.05, 0) is 12.8 Å². The summed E-state index contributed by atoms with van der Waals surface area (Å²) in [5.41, 5.74) is -0.594. The number of hydrogen-bond acceptors (Lipinski definition) is 7. The van der Waals surface area contributed by atoms with Crippen molar-refractivity contribution in [2.75, 3.05) is 18.5 Å². The van der Waals surface area contributed by atoms with E-state index in [-0.39, 0.29) is 28.0 Å². The number of amides is 1. The minimum absolute atomic E-state index is 0.0947. The van der Waals surface area contributed by atoms with Crippen LogP contribution in [-0.4, -0.2) is 43.8 Å². The van der Waals surface area contributed by atoms with Crippen LogP contribution in [0.15, 0.2) is 4.34 Å². The first-order chi connectivity index (χ1) is 10.2. The first kappa shape index (κ1) is 17.3. The van der Waals surface area contributed by atoms with Crippen LogP contribution in [0.5, 0.6) is 0 Å². The van der Waals surface area contributed by atoms with E-state index < -0.39 is 15.4 Å². The van der Waals surface area contributed by atoms with Gasteiger partial charge in [-0.3, -0.25) is 4.79 Å². The number of carbonyl (C=O) groups is 1. The van der Waals surface area contributed by atoms with Gasteiger partial charge in [-0.1, -0.05) is 32.1 Å². The fourth-order valence-electron chi connectivity index (χ4n) is 1.72. The summed E-state index contributed by atoms with van der Waals surface area (Å²) in [4.78, 5) is 11.8. The second-order valence-electron chi connectivity index (χ2n) is 6.06. The van der Waals surface area contributed by atoms with Crippen molar-refractivity contribution in [1.82, 2.24) is 14.9 Å². The van der Waals surface area contributed by atoms with Crippen LogP contribution < -0.4 is 10.0 Å². The molecule has 1 fully saturated rings. The summed E-state index contributed by atoms with van der Waals surface area (Å²) in [5, 5.41) is 10.1. The van der Waals surface area contributed by atoms with E-state index in [0.29, 0.717) is 6.61 Å². The Labute approximate surface area is 133 Å². The standard InChI is InChI=1S/C12H20N4O4S2/c1-12(2,3)9(17)14-10-15-16-11(21-10)22(18,19)13-7-8-5-4-6-20-8/h8,13H,4-7H2,1-3H3,(H,14,15,17). The quantitative estimate of drug-likeness (QED) is 0.768. The third-order valence-corrected chi connectivity index (χ3v) is 5.69. The van der Waals surface area contributed by atoms with Crippen molar-refractivity contribution in [2.45, 2.75) is 44.1 Å². The molecule has 124 valence electrons. The van der Waals surface area contributed by atoms with Crippen molar-refractivity contribution in [3.8, 4) is 0 Å². The molecule has 0 aliphatic carbocycles. The van der Waals surface area contributed by atoms with Crippen LogP contribution >= 0.6 is 11.3 Å². The molecule has 1 unspecified atom stereocenters. The van der Waals surface area contributed by atoms with E-state index in [2.05, 4.69) is 20.2 Å². The minimum atomic E-state index is -3.73. The second kappa shape index (κ2) is 6.57. The molecule has 2 N–H and O–H groups in total. The van der Waals surface area contributed by atoms with Gasteiger partial charge < -0.3 is 10.1 Å². The molecule has 1 aliphatic heterocycles. The Hall–Kier alpha value is -1.10. The van der Waals surface area contributed by atoms with Gasteiger partial charge >= 0.3 is 0 Å². The second-order valence-corrected chi connectivity index (χ2v) is 8.98. The highest BCUT2D eigenvalue weighted by Gasteiger charge is 2.26. The van der Waals surface area contributed by atoms with Crippen molar-refractivity contribution < 1.29 is 17.9 Å². The van der Waals surface area contributed by atoms with Gasteiger partial charge in [0.05, 0.1) is 6.10 Å². The Bertz CT molecular complexity index is 630. The zero-order chi connectivity index (χ0) is 16.4. The largest absolute Gasteiger partial charge is 0.377 e. The number of nitrogens with one attached hydrogen (secondary N) is 2. The van der Waals surface area contributed by atoms with E-state index in [9.17, 15) is 13.2 Å². The Morgan fingerprint density at radius 3 is 2.73 bits per heavy atom. The monoisotopic (exact) mass is 348 g/mol. The van der Waals surface area contributed by atoms with Crippen molar-refractivity contribution in [1.29, 1.82) is 0 Å². The number of hydrogen-bond donors (Lipinski definition) is 2. The highest BCUT2D eigenvalue weighted by molar-refractivity contribution is 7.91. The van der Waals surface area contributed by atoms with E-state index >= 15 is 0 Å². The molecule has 0 bridgehead atoms. The van der Waals surface area contributed by atoms with Crippen LogP contribution in [0, 0.1) is 5.41 Å². The summed E-state index contributed by atoms with van der Waals surface area (Å²) >= 11 is 0.821. The zero-order valence-electron chi connectivity index (χ0n) is 12.7. The first-order valence-corrected chi connectivity index (χ1v) is 9.25. The van der Waals surface area contributed by atoms with E-state index in [4.69, 9.17) is 4.74 Å². The predicted octanol–water partition coefficient (Wildman–Crippen LogP) is 0.980. The molecule has 1 saturated heterocycles. The molecule has 1 aliphatic rings. The van der Waals surface area contributed by atoms with Crippen molar-refractivity contribution in [2.24, 2.45) is 5.41 Å². The van der Waals surface area contributed by atoms with Gasteiger partial charge in [0.15, 0.2) is 0 Å². The maximum absolute atomic E-state index is 12.1. The van der Waals surface area contributed by atoms with Crippen LogP contribution in [-0.2, 0) is 19.6 Å². The smallest absolute Gasteiger partial charge is 0.269 e. The van der Waals surface area contributed by atoms with Crippen LogP contribution in [0.2, 0.25) is 0 Å². The first-order valence-electron chi connectivity index (χ1n) is 6.95. The number of ether oxygens (including phenoxy) is 1. The number of rotatable bonds is 5. The lowest BCUT2D eigenvalue weighted by atomic mass is 9.96. The predicted molar refractivity (Wildman–Crippen MR) is 82.2 cm³/mol. The highest BCUT2D eigenvalue weighted by atomic mass is 32.2. The molecule has 1 amide bonds. The van der Waals surface area contributed by atoms with Gasteiger partial charge in [0.2, 0.25) is 15.4 Å². The van der Waals surface area contributed by atoms with Crippen LogP contribution in [0.25, 0.3) is 0 Å². The van der Waals surface area contributed by atoms with Crippen molar-refractivity contribution in [3.05, 3.63) is 0 Å². The summed E-state index contributed by atoms with van der Waals surface area (Å²) in [6.45, 7) is 6.14. The number of sulfonamides is 1. The summed E-state index contributed by atoms with van der Waals surface area (Å²) in [6, 6.07) is 0. The van der Waals surface area contributed by atoms with Crippen LogP contribution in [0.4, 0.5) is 5.13 Å². The van der Waals surface area contributed by atoms with Crippen LogP contribution in [0.1, 0.15) is 33.6 Å². The summed E-state index contributed by atoms with van der Waals surface area (Å²) in [5.74, 6) is -0.250. The summed E-state index contributed by atoms with van der Waals surface area (Å²) in [6.07, 6.45) is 1.68. The van der Waals surface area contributed by atoms with E-state index in [0.717, 1.165) is 24.2 Å². The number of carbonyl (C=O) groups excluding carboxylic acids is 1. The van der Waals surface area contributed by atoms with Gasteiger partial charge in [0, 0.05) is 18.6 Å². The molecule has 2 rings (SSSR count). The fraction of sp³-hybridized carbons (Fsp3) is 0.750. The van der Waals surface area contributed by atoms with Crippen LogP contribution in [0.3, 0.4) is 0 Å². The van der Waals surface area contributed by atoms with Gasteiger partial charge in [-0.2, -0.15) is 0 Å². The molecule has 22 heavy (non-hydrogen) atoms. The molecule has 8 nitrogen and oxygen atoms in total. The molecular formula is C12H20N4O4S2. The average Bonchev–Trinajstić information content (AvgIpc) is 3.06. The van der Waals surface area contributed by atoms with E-state index in [1.165, 1.54) is 0 Å². The van der Waals surface area contributed by atoms with Crippen molar-refractivity contribution in [3.63, 3.8) is 0 Å². The molecule has 1 aromatic heterocycles. The third-order valence-electron chi connectivity index (χ3n) is 3.06. The lowest BCUT2D eigenvalue weighted by molar-refractivity contribution is -0.123. The maximum Gasteiger partial charge on any atom is 0.269 e. The number of aromatic nitrogens is 2. The molecule has 0 aromatic carbocycles. The topological polar surface area (TPSA) is 110 Å². The molecule has 2 heterocycles. The Kier molecular flexibility index (Phi) is 5.15.